The maximum absolute atomic E-state index is 11.9. The quantitative estimate of drug-likeness (QED) is 0.0628. The number of hydrogen-bond acceptors (Lipinski definition) is 5. The molecule has 204 valence electrons. The Bertz CT molecular complexity index is 386. The lowest BCUT2D eigenvalue weighted by molar-refractivity contribution is -0.0648. The molecule has 34 heavy (non-hydrogen) atoms. The Morgan fingerprint density at radius 3 is 0.971 bits per heavy atom. The van der Waals surface area contributed by atoms with Crippen LogP contribution in [0.2, 0.25) is 0 Å². The molecule has 6 heteroatoms. The predicted octanol–water partition coefficient (Wildman–Crippen LogP) is 9.72. The van der Waals surface area contributed by atoms with E-state index in [4.69, 9.17) is 9.05 Å². The van der Waals surface area contributed by atoms with E-state index in [1.54, 1.807) is 0 Å². The van der Waals surface area contributed by atoms with Gasteiger partial charge in [0, 0.05) is 17.4 Å². The van der Waals surface area contributed by atoms with Gasteiger partial charge >= 0.3 is 8.25 Å². The molecular weight excluding hydrogens is 447 g/mol. The minimum Gasteiger partial charge on any atom is -0.364 e. The molecule has 0 bridgehead atoms. The highest BCUT2D eigenvalue weighted by atomic mass is 31.1. The lowest BCUT2D eigenvalue weighted by Gasteiger charge is -2.06. The SMILES string of the molecule is CCCCCCCCCCCCCC(O)O[P+](=O)OC(O)CCCCCCCCCCCCC. The second kappa shape index (κ2) is 27.5. The molecule has 0 aliphatic carbocycles. The zero-order valence-electron chi connectivity index (χ0n) is 22.7. The fourth-order valence-electron chi connectivity index (χ4n) is 4.30. The molecule has 0 aliphatic heterocycles. The van der Waals surface area contributed by atoms with Crippen molar-refractivity contribution in [2.24, 2.45) is 0 Å². The lowest BCUT2D eigenvalue weighted by atomic mass is 10.1. The third-order valence-electron chi connectivity index (χ3n) is 6.52. The van der Waals surface area contributed by atoms with E-state index in [-0.39, 0.29) is 0 Å². The molecule has 2 atom stereocenters. The summed E-state index contributed by atoms with van der Waals surface area (Å²) in [4.78, 5) is 0. The van der Waals surface area contributed by atoms with Crippen molar-refractivity contribution in [2.75, 3.05) is 0 Å². The Kier molecular flexibility index (Phi) is 27.5. The van der Waals surface area contributed by atoms with Crippen LogP contribution in [0.3, 0.4) is 0 Å². The van der Waals surface area contributed by atoms with E-state index in [0.29, 0.717) is 12.8 Å². The van der Waals surface area contributed by atoms with Crippen molar-refractivity contribution < 1.29 is 23.8 Å². The molecule has 0 radical (unpaired) electrons. The minimum absolute atomic E-state index is 0.455. The first-order chi connectivity index (χ1) is 16.6. The molecule has 2 unspecified atom stereocenters. The summed E-state index contributed by atoms with van der Waals surface area (Å²) in [5, 5.41) is 19.8. The Morgan fingerprint density at radius 2 is 0.706 bits per heavy atom. The number of unbranched alkanes of at least 4 members (excludes halogenated alkanes) is 20. The van der Waals surface area contributed by atoms with Crippen molar-refractivity contribution in [2.45, 2.75) is 181 Å². The highest BCUT2D eigenvalue weighted by Crippen LogP contribution is 2.30. The van der Waals surface area contributed by atoms with Gasteiger partial charge in [-0.25, -0.2) is 0 Å². The smallest absolute Gasteiger partial charge is 0.364 e. The van der Waals surface area contributed by atoms with Gasteiger partial charge in [0.1, 0.15) is 0 Å². The summed E-state index contributed by atoms with van der Waals surface area (Å²) in [7, 11) is -2.49. The van der Waals surface area contributed by atoms with E-state index in [0.717, 1.165) is 25.7 Å². The summed E-state index contributed by atoms with van der Waals surface area (Å²) in [6, 6.07) is 0. The van der Waals surface area contributed by atoms with Crippen LogP contribution in [0.15, 0.2) is 0 Å². The summed E-state index contributed by atoms with van der Waals surface area (Å²) in [6.45, 7) is 4.49. The van der Waals surface area contributed by atoms with Gasteiger partial charge in [0.15, 0.2) is 0 Å². The lowest BCUT2D eigenvalue weighted by Crippen LogP contribution is -2.12. The van der Waals surface area contributed by atoms with E-state index >= 15 is 0 Å². The van der Waals surface area contributed by atoms with Crippen LogP contribution in [0.25, 0.3) is 0 Å². The van der Waals surface area contributed by atoms with E-state index < -0.39 is 20.8 Å². The van der Waals surface area contributed by atoms with Crippen LogP contribution >= 0.6 is 8.25 Å². The van der Waals surface area contributed by atoms with Gasteiger partial charge in [-0.2, -0.15) is 0 Å². The van der Waals surface area contributed by atoms with E-state index in [9.17, 15) is 14.8 Å². The summed E-state index contributed by atoms with van der Waals surface area (Å²) in [5.74, 6) is 0. The highest BCUT2D eigenvalue weighted by molar-refractivity contribution is 7.33. The highest BCUT2D eigenvalue weighted by Gasteiger charge is 2.29. The van der Waals surface area contributed by atoms with Gasteiger partial charge in [-0.15, -0.1) is 0 Å². The van der Waals surface area contributed by atoms with Crippen molar-refractivity contribution in [3.63, 3.8) is 0 Å². The average molecular weight is 506 g/mol. The normalized spacial score (nSPS) is 13.8. The number of aliphatic hydroxyl groups is 2. The molecule has 0 saturated carbocycles. The van der Waals surface area contributed by atoms with Crippen molar-refractivity contribution in [3.8, 4) is 0 Å². The number of hydrogen-bond donors (Lipinski definition) is 2. The molecule has 0 amide bonds. The average Bonchev–Trinajstić information content (AvgIpc) is 2.80. The van der Waals surface area contributed by atoms with Crippen LogP contribution in [-0.4, -0.2) is 22.8 Å². The van der Waals surface area contributed by atoms with Gasteiger partial charge in [-0.1, -0.05) is 151 Å². The first-order valence-corrected chi connectivity index (χ1v) is 15.9. The molecule has 0 aromatic carbocycles. The van der Waals surface area contributed by atoms with Crippen molar-refractivity contribution in [3.05, 3.63) is 0 Å². The monoisotopic (exact) mass is 505 g/mol. The predicted molar refractivity (Wildman–Crippen MR) is 144 cm³/mol. The molecule has 0 spiro atoms. The standard InChI is InChI=1S/C28H58O5P/c1-3-5-7-9-11-13-15-17-19-21-23-25-27(29)32-34(31)33-28(30)26-24-22-20-18-16-14-12-10-8-6-4-2/h27-30H,3-26H2,1-2H3/q+1. The minimum atomic E-state index is -2.49. The molecule has 0 aromatic heterocycles. The van der Waals surface area contributed by atoms with E-state index in [1.165, 1.54) is 116 Å². The molecule has 0 heterocycles. The number of rotatable bonds is 28. The molecule has 0 fully saturated rings. The van der Waals surface area contributed by atoms with Crippen LogP contribution in [-0.2, 0) is 13.6 Å². The zero-order chi connectivity index (χ0) is 25.1. The van der Waals surface area contributed by atoms with Crippen LogP contribution in [0, 0.1) is 0 Å². The Morgan fingerprint density at radius 1 is 0.471 bits per heavy atom. The summed E-state index contributed by atoms with van der Waals surface area (Å²) < 4.78 is 21.9. The number of aliphatic hydroxyl groups excluding tert-OH is 2. The van der Waals surface area contributed by atoms with Gasteiger partial charge in [-0.05, 0) is 12.8 Å². The summed E-state index contributed by atoms with van der Waals surface area (Å²) >= 11 is 0. The Labute approximate surface area is 212 Å². The molecule has 2 N–H and O–H groups in total. The summed E-state index contributed by atoms with van der Waals surface area (Å²) in [6.07, 6.45) is 26.1. The fraction of sp³-hybridized carbons (Fsp3) is 1.00. The largest absolute Gasteiger partial charge is 0.702 e. The van der Waals surface area contributed by atoms with Crippen LogP contribution in [0.1, 0.15) is 168 Å². The van der Waals surface area contributed by atoms with E-state index in [1.807, 2.05) is 0 Å². The van der Waals surface area contributed by atoms with Crippen molar-refractivity contribution >= 4 is 8.25 Å². The third-order valence-corrected chi connectivity index (χ3v) is 7.36. The van der Waals surface area contributed by atoms with Crippen LogP contribution < -0.4 is 0 Å². The third kappa shape index (κ3) is 26.5. The topological polar surface area (TPSA) is 76.0 Å². The Hall–Kier alpha value is -0.0600. The van der Waals surface area contributed by atoms with Crippen LogP contribution in [0.4, 0.5) is 0 Å². The maximum Gasteiger partial charge on any atom is 0.702 e. The zero-order valence-corrected chi connectivity index (χ0v) is 23.6. The van der Waals surface area contributed by atoms with Crippen LogP contribution in [0.5, 0.6) is 0 Å². The molecular formula is C28H58O5P+. The maximum atomic E-state index is 11.9. The first kappa shape index (κ1) is 33.9. The van der Waals surface area contributed by atoms with E-state index in [2.05, 4.69) is 13.8 Å². The molecule has 0 saturated heterocycles. The molecule has 5 nitrogen and oxygen atoms in total. The van der Waals surface area contributed by atoms with Crippen molar-refractivity contribution in [1.82, 2.24) is 0 Å². The summed E-state index contributed by atoms with van der Waals surface area (Å²) in [5.41, 5.74) is 0. The van der Waals surface area contributed by atoms with Gasteiger partial charge in [0.25, 0.3) is 0 Å². The van der Waals surface area contributed by atoms with Gasteiger partial charge < -0.3 is 10.2 Å². The first-order valence-electron chi connectivity index (χ1n) is 14.8. The second-order valence-corrected chi connectivity index (χ2v) is 10.9. The van der Waals surface area contributed by atoms with Gasteiger partial charge in [0.2, 0.25) is 12.6 Å². The second-order valence-electron chi connectivity index (χ2n) is 9.99. The van der Waals surface area contributed by atoms with Gasteiger partial charge in [-0.3, -0.25) is 0 Å². The molecule has 0 aromatic rings. The van der Waals surface area contributed by atoms with Gasteiger partial charge in [0.05, 0.1) is 0 Å². The van der Waals surface area contributed by atoms with Crippen molar-refractivity contribution in [1.29, 1.82) is 0 Å². The molecule has 0 rings (SSSR count). The molecule has 0 aliphatic rings. The Balaban J connectivity index is 3.44. The fourth-order valence-corrected chi connectivity index (χ4v) is 4.95.